The molecule has 0 bridgehead atoms. The number of nitrogens with zero attached hydrogens (tertiary/aromatic N) is 7. The second-order valence-corrected chi connectivity index (χ2v) is 14.5. The molecule has 0 aromatic carbocycles. The maximum absolute atomic E-state index is 13.8. The molecule has 5 rings (SSSR count). The van der Waals surface area contributed by atoms with Gasteiger partial charge in [-0.2, -0.15) is 0 Å². The maximum Gasteiger partial charge on any atom is 0.358 e. The molecular formula is C28H41Cl2N9O6S3. The number of tetrazole rings is 1. The van der Waals surface area contributed by atoms with Crippen molar-refractivity contribution in [3.63, 3.8) is 0 Å². The highest BCUT2D eigenvalue weighted by atomic mass is 35.5. The van der Waals surface area contributed by atoms with Crippen LogP contribution in [0.1, 0.15) is 51.1 Å². The number of β-lactam (4-membered cyclic amide) rings is 1. The lowest BCUT2D eigenvalue weighted by atomic mass is 9.89. The van der Waals surface area contributed by atoms with E-state index in [1.807, 2.05) is 19.0 Å². The number of anilines is 1. The lowest BCUT2D eigenvalue weighted by Crippen LogP contribution is -2.70. The smallest absolute Gasteiger partial charge is 0.358 e. The molecule has 266 valence electrons. The van der Waals surface area contributed by atoms with E-state index >= 15 is 0 Å². The Bertz CT molecular complexity index is 1470. The number of nitrogen functional groups attached to an aromatic ring is 1. The summed E-state index contributed by atoms with van der Waals surface area (Å²) in [5, 5.41) is 16.9. The molecule has 4 heterocycles. The van der Waals surface area contributed by atoms with Crippen LogP contribution in [0.25, 0.3) is 0 Å². The first kappa shape index (κ1) is 39.8. The molecule has 3 aliphatic rings. The second-order valence-electron chi connectivity index (χ2n) is 11.6. The van der Waals surface area contributed by atoms with Crippen LogP contribution in [0.5, 0.6) is 0 Å². The number of hydrogen-bond donors (Lipinski definition) is 2. The maximum atomic E-state index is 13.8. The highest BCUT2D eigenvalue weighted by molar-refractivity contribution is 8.01. The number of thiazole rings is 1. The summed E-state index contributed by atoms with van der Waals surface area (Å²) in [6.45, 7) is 3.08. The molecular weight excluding hydrogens is 725 g/mol. The van der Waals surface area contributed by atoms with Crippen LogP contribution in [0.4, 0.5) is 5.13 Å². The number of rotatable bonds is 14. The van der Waals surface area contributed by atoms with Crippen LogP contribution in [0.2, 0.25) is 0 Å². The minimum absolute atomic E-state index is 0. The monoisotopic (exact) mass is 765 g/mol. The number of esters is 2. The summed E-state index contributed by atoms with van der Waals surface area (Å²) in [4.78, 5) is 60.4. The average Bonchev–Trinajstić information content (AvgIpc) is 3.68. The molecule has 48 heavy (non-hydrogen) atoms. The van der Waals surface area contributed by atoms with E-state index in [1.54, 1.807) is 17.0 Å². The van der Waals surface area contributed by atoms with Gasteiger partial charge >= 0.3 is 11.9 Å². The predicted molar refractivity (Wildman–Crippen MR) is 187 cm³/mol. The Balaban J connectivity index is 0.00000312. The molecule has 1 aliphatic carbocycles. The Morgan fingerprint density at radius 3 is 2.60 bits per heavy atom. The molecule has 3 atom stereocenters. The number of amides is 2. The van der Waals surface area contributed by atoms with Gasteiger partial charge in [-0.05, 0) is 42.9 Å². The largest absolute Gasteiger partial charge is 0.425 e. The van der Waals surface area contributed by atoms with Crippen LogP contribution >= 0.6 is 59.7 Å². The fourth-order valence-electron chi connectivity index (χ4n) is 5.39. The Morgan fingerprint density at radius 2 is 1.94 bits per heavy atom. The molecule has 1 unspecified atom stereocenters. The van der Waals surface area contributed by atoms with Crippen molar-refractivity contribution in [2.24, 2.45) is 5.92 Å². The normalized spacial score (nSPS) is 19.8. The van der Waals surface area contributed by atoms with Crippen LogP contribution in [-0.4, -0.2) is 109 Å². The number of nitrogens with one attached hydrogen (secondary N) is 1. The quantitative estimate of drug-likeness (QED) is 0.124. The standard InChI is InChI=1S/C28H39N9O6S3.2ClH/c1-4-20(42-25(40)16-8-6-5-7-9-16)43-26(41)22-17(14-46-28-32-33-34-36(28)11-10-35(2)3)13-44-24-21(23(39)37(22)24)31-19(38)12-18-15-45-27(29)30-18;;/h15-16,20-21,24H,4-14H2,1-3H3,(H2,29,30)(H,31,38);2*1H/t20?,21-,24-;;/m1../s1. The topological polar surface area (TPSA) is 188 Å². The minimum Gasteiger partial charge on any atom is -0.425 e. The fraction of sp³-hybridized carbons (Fsp3) is 0.643. The van der Waals surface area contributed by atoms with E-state index in [1.165, 1.54) is 39.8 Å². The molecule has 2 aromatic heterocycles. The molecule has 2 aliphatic heterocycles. The molecule has 1 saturated heterocycles. The van der Waals surface area contributed by atoms with Crippen LogP contribution < -0.4 is 11.1 Å². The van der Waals surface area contributed by atoms with Gasteiger partial charge in [0.2, 0.25) is 17.4 Å². The first-order chi connectivity index (χ1) is 22.1. The summed E-state index contributed by atoms with van der Waals surface area (Å²) >= 11 is 4.03. The van der Waals surface area contributed by atoms with E-state index in [4.69, 9.17) is 15.2 Å². The molecule has 15 nitrogen and oxygen atoms in total. The summed E-state index contributed by atoms with van der Waals surface area (Å²) in [6, 6.07) is -0.824. The number of aromatic nitrogens is 5. The van der Waals surface area contributed by atoms with Gasteiger partial charge in [-0.3, -0.25) is 19.3 Å². The number of thioether (sulfide) groups is 2. The Hall–Kier alpha value is -2.64. The highest BCUT2D eigenvalue weighted by Crippen LogP contribution is 2.42. The molecule has 0 radical (unpaired) electrons. The summed E-state index contributed by atoms with van der Waals surface area (Å²) in [6.07, 6.45) is 3.69. The third-order valence-electron chi connectivity index (χ3n) is 7.86. The number of halogens is 2. The van der Waals surface area contributed by atoms with E-state index in [2.05, 4.69) is 25.8 Å². The Morgan fingerprint density at radius 1 is 1.19 bits per heavy atom. The fourth-order valence-corrected chi connectivity index (χ4v) is 8.34. The zero-order valence-electron chi connectivity index (χ0n) is 26.9. The van der Waals surface area contributed by atoms with Crippen LogP contribution in [0.15, 0.2) is 21.8 Å². The van der Waals surface area contributed by atoms with Gasteiger partial charge in [-0.25, -0.2) is 14.5 Å². The van der Waals surface area contributed by atoms with Crippen molar-refractivity contribution in [3.8, 4) is 0 Å². The second kappa shape index (κ2) is 18.4. The summed E-state index contributed by atoms with van der Waals surface area (Å²) < 4.78 is 13.1. The number of carbonyl (C=O) groups is 4. The number of fused-ring (bicyclic) bond motifs is 1. The van der Waals surface area contributed by atoms with Crippen molar-refractivity contribution >= 4 is 88.6 Å². The van der Waals surface area contributed by atoms with E-state index < -0.39 is 29.6 Å². The molecule has 2 amide bonds. The zero-order chi connectivity index (χ0) is 32.8. The van der Waals surface area contributed by atoms with Crippen molar-refractivity contribution in [1.82, 2.24) is 40.3 Å². The van der Waals surface area contributed by atoms with Crippen molar-refractivity contribution in [1.29, 1.82) is 0 Å². The van der Waals surface area contributed by atoms with Gasteiger partial charge < -0.3 is 25.4 Å². The van der Waals surface area contributed by atoms with Gasteiger partial charge in [0.05, 0.1) is 24.6 Å². The molecule has 3 N–H and O–H groups in total. The number of likely N-dealkylation sites (N-methyl/N-ethyl adjacent to an activating group) is 1. The SMILES string of the molecule is CCC(OC(=O)C1=C(CSc2nnnn2CCN(C)C)CS[C@@H]2[C@H](NC(=O)Cc3csc(N)n3)C(=O)N12)OC(=O)C1CCCCC1.Cl.Cl. The lowest BCUT2D eigenvalue weighted by molar-refractivity contribution is -0.191. The summed E-state index contributed by atoms with van der Waals surface area (Å²) in [7, 11) is 3.92. The molecule has 0 spiro atoms. The van der Waals surface area contributed by atoms with Crippen LogP contribution in [0.3, 0.4) is 0 Å². The Labute approximate surface area is 303 Å². The number of carbonyl (C=O) groups excluding carboxylic acids is 4. The van der Waals surface area contributed by atoms with Crippen LogP contribution in [-0.2, 0) is 41.6 Å². The van der Waals surface area contributed by atoms with Gasteiger partial charge in [0.15, 0.2) is 5.13 Å². The number of hydrogen-bond acceptors (Lipinski definition) is 15. The zero-order valence-corrected chi connectivity index (χ0v) is 30.9. The van der Waals surface area contributed by atoms with E-state index in [9.17, 15) is 19.2 Å². The van der Waals surface area contributed by atoms with Gasteiger partial charge in [-0.1, -0.05) is 37.9 Å². The van der Waals surface area contributed by atoms with Gasteiger partial charge in [0, 0.05) is 29.9 Å². The average molecular weight is 767 g/mol. The number of ether oxygens (including phenoxy) is 2. The van der Waals surface area contributed by atoms with Gasteiger partial charge in [-0.15, -0.1) is 53.0 Å². The van der Waals surface area contributed by atoms with E-state index in [0.29, 0.717) is 39.6 Å². The first-order valence-corrected chi connectivity index (χ1v) is 18.2. The van der Waals surface area contributed by atoms with Crippen LogP contribution in [0, 0.1) is 5.92 Å². The Kier molecular flexibility index (Phi) is 15.2. The summed E-state index contributed by atoms with van der Waals surface area (Å²) in [5.74, 6) is -1.41. The predicted octanol–water partition coefficient (Wildman–Crippen LogP) is 2.51. The lowest BCUT2D eigenvalue weighted by Gasteiger charge is -2.49. The molecule has 20 heteroatoms. The van der Waals surface area contributed by atoms with E-state index in [0.717, 1.165) is 38.6 Å². The molecule has 1 saturated carbocycles. The first-order valence-electron chi connectivity index (χ1n) is 15.3. The third-order valence-corrected chi connectivity index (χ3v) is 11.0. The van der Waals surface area contributed by atoms with Crippen molar-refractivity contribution in [3.05, 3.63) is 22.3 Å². The van der Waals surface area contributed by atoms with Crippen molar-refractivity contribution in [2.45, 2.75) is 81.3 Å². The van der Waals surface area contributed by atoms with Gasteiger partial charge in [0.25, 0.3) is 5.91 Å². The minimum atomic E-state index is -1.09. The number of nitrogens with two attached hydrogens (primary N) is 1. The van der Waals surface area contributed by atoms with Crippen molar-refractivity contribution in [2.75, 3.05) is 37.9 Å². The summed E-state index contributed by atoms with van der Waals surface area (Å²) in [5.41, 5.74) is 6.95. The molecule has 2 aromatic rings. The third kappa shape index (κ3) is 9.74. The van der Waals surface area contributed by atoms with Gasteiger partial charge in [0.1, 0.15) is 17.1 Å². The van der Waals surface area contributed by atoms with E-state index in [-0.39, 0.29) is 61.1 Å². The molecule has 2 fully saturated rings. The highest BCUT2D eigenvalue weighted by Gasteiger charge is 2.54. The van der Waals surface area contributed by atoms with Crippen molar-refractivity contribution < 1.29 is 28.7 Å².